The molecule has 5 nitrogen and oxygen atoms in total. The Hall–Kier alpha value is -1.43. The Morgan fingerprint density at radius 2 is 1.74 bits per heavy atom. The van der Waals surface area contributed by atoms with Gasteiger partial charge in [0.2, 0.25) is 5.91 Å². The molecule has 1 heterocycles. The summed E-state index contributed by atoms with van der Waals surface area (Å²) in [6.07, 6.45) is -0.464. The summed E-state index contributed by atoms with van der Waals surface area (Å²) in [6, 6.07) is 9.75. The van der Waals surface area contributed by atoms with E-state index in [1.807, 2.05) is 35.2 Å². The van der Waals surface area contributed by atoms with Crippen LogP contribution in [0.4, 0.5) is 0 Å². The summed E-state index contributed by atoms with van der Waals surface area (Å²) in [5.41, 5.74) is 0.951. The van der Waals surface area contributed by atoms with Crippen molar-refractivity contribution in [3.05, 3.63) is 35.9 Å². The van der Waals surface area contributed by atoms with Crippen LogP contribution in [0.15, 0.2) is 30.3 Å². The van der Waals surface area contributed by atoms with Crippen LogP contribution in [-0.4, -0.2) is 78.1 Å². The maximum absolute atomic E-state index is 12.3. The van der Waals surface area contributed by atoms with E-state index in [0.717, 1.165) is 44.8 Å². The molecule has 1 amide bonds. The highest BCUT2D eigenvalue weighted by Gasteiger charge is 2.23. The lowest BCUT2D eigenvalue weighted by Crippen LogP contribution is -2.51. The molecule has 1 aromatic rings. The van der Waals surface area contributed by atoms with Crippen molar-refractivity contribution in [2.45, 2.75) is 20.0 Å². The zero-order chi connectivity index (χ0) is 16.7. The number of benzene rings is 1. The number of piperazine rings is 1. The van der Waals surface area contributed by atoms with Gasteiger partial charge in [0.1, 0.15) is 0 Å². The van der Waals surface area contributed by atoms with Crippen molar-refractivity contribution in [1.82, 2.24) is 14.7 Å². The third-order valence-electron chi connectivity index (χ3n) is 4.59. The SMILES string of the molecule is CCN(CC)CC(=O)N1CCN(CC(O)c2ccccc2)CC1. The molecule has 0 spiro atoms. The summed E-state index contributed by atoms with van der Waals surface area (Å²) in [6.45, 7) is 10.3. The van der Waals surface area contributed by atoms with E-state index in [0.29, 0.717) is 13.1 Å². The fourth-order valence-corrected chi connectivity index (χ4v) is 2.94. The van der Waals surface area contributed by atoms with Gasteiger partial charge in [-0.15, -0.1) is 0 Å². The summed E-state index contributed by atoms with van der Waals surface area (Å²) < 4.78 is 0. The van der Waals surface area contributed by atoms with Crippen molar-refractivity contribution in [3.63, 3.8) is 0 Å². The van der Waals surface area contributed by atoms with E-state index < -0.39 is 6.10 Å². The van der Waals surface area contributed by atoms with Crippen LogP contribution in [0.5, 0.6) is 0 Å². The smallest absolute Gasteiger partial charge is 0.236 e. The van der Waals surface area contributed by atoms with Crippen LogP contribution in [0, 0.1) is 0 Å². The molecule has 1 atom stereocenters. The maximum Gasteiger partial charge on any atom is 0.236 e. The average molecular weight is 319 g/mol. The molecular formula is C18H29N3O2. The average Bonchev–Trinajstić information content (AvgIpc) is 2.60. The van der Waals surface area contributed by atoms with Crippen LogP contribution < -0.4 is 0 Å². The number of β-amino-alcohol motifs (C(OH)–C–C–N with tert-alkyl or cyclic N) is 1. The van der Waals surface area contributed by atoms with E-state index in [-0.39, 0.29) is 5.91 Å². The monoisotopic (exact) mass is 319 g/mol. The minimum Gasteiger partial charge on any atom is -0.387 e. The Labute approximate surface area is 139 Å². The highest BCUT2D eigenvalue weighted by Crippen LogP contribution is 2.15. The quantitative estimate of drug-likeness (QED) is 0.820. The number of aliphatic hydroxyl groups excluding tert-OH is 1. The van der Waals surface area contributed by atoms with E-state index in [4.69, 9.17) is 0 Å². The molecule has 1 saturated heterocycles. The number of carbonyl (C=O) groups excluding carboxylic acids is 1. The highest BCUT2D eigenvalue weighted by atomic mass is 16.3. The van der Waals surface area contributed by atoms with Gasteiger partial charge in [0.15, 0.2) is 0 Å². The number of hydrogen-bond donors (Lipinski definition) is 1. The van der Waals surface area contributed by atoms with Gasteiger partial charge < -0.3 is 10.0 Å². The van der Waals surface area contributed by atoms with E-state index >= 15 is 0 Å². The van der Waals surface area contributed by atoms with Crippen molar-refractivity contribution in [2.75, 3.05) is 52.4 Å². The first-order valence-electron chi connectivity index (χ1n) is 8.59. The molecule has 1 unspecified atom stereocenters. The summed E-state index contributed by atoms with van der Waals surface area (Å²) in [7, 11) is 0. The molecule has 0 bridgehead atoms. The molecule has 128 valence electrons. The summed E-state index contributed by atoms with van der Waals surface area (Å²) >= 11 is 0. The van der Waals surface area contributed by atoms with Gasteiger partial charge in [0.05, 0.1) is 12.6 Å². The molecule has 2 rings (SSSR count). The second kappa shape index (κ2) is 9.01. The van der Waals surface area contributed by atoms with Gasteiger partial charge in [-0.2, -0.15) is 0 Å². The van der Waals surface area contributed by atoms with Crippen LogP contribution in [0.2, 0.25) is 0 Å². The number of aliphatic hydroxyl groups is 1. The summed E-state index contributed by atoms with van der Waals surface area (Å²) in [5, 5.41) is 10.3. The van der Waals surface area contributed by atoms with Gasteiger partial charge in [-0.3, -0.25) is 14.6 Å². The lowest BCUT2D eigenvalue weighted by Gasteiger charge is -2.36. The van der Waals surface area contributed by atoms with Crippen molar-refractivity contribution in [1.29, 1.82) is 0 Å². The van der Waals surface area contributed by atoms with Gasteiger partial charge in [0.25, 0.3) is 0 Å². The number of likely N-dealkylation sites (N-methyl/N-ethyl adjacent to an activating group) is 1. The lowest BCUT2D eigenvalue weighted by atomic mass is 10.1. The molecule has 0 aromatic heterocycles. The first-order chi connectivity index (χ1) is 11.1. The minimum absolute atomic E-state index is 0.219. The van der Waals surface area contributed by atoms with Crippen molar-refractivity contribution >= 4 is 5.91 Å². The fourth-order valence-electron chi connectivity index (χ4n) is 2.94. The second-order valence-electron chi connectivity index (χ2n) is 6.07. The summed E-state index contributed by atoms with van der Waals surface area (Å²) in [5.74, 6) is 0.219. The van der Waals surface area contributed by atoms with Gasteiger partial charge in [-0.25, -0.2) is 0 Å². The molecule has 1 aliphatic rings. The second-order valence-corrected chi connectivity index (χ2v) is 6.07. The molecule has 23 heavy (non-hydrogen) atoms. The van der Waals surface area contributed by atoms with E-state index in [1.54, 1.807) is 0 Å². The number of carbonyl (C=O) groups is 1. The molecule has 0 saturated carbocycles. The minimum atomic E-state index is -0.464. The number of rotatable bonds is 7. The molecule has 1 aromatic carbocycles. The Morgan fingerprint density at radius 1 is 1.13 bits per heavy atom. The van der Waals surface area contributed by atoms with Crippen LogP contribution in [0.25, 0.3) is 0 Å². The third kappa shape index (κ3) is 5.30. The van der Waals surface area contributed by atoms with Crippen LogP contribution in [-0.2, 0) is 4.79 Å². The normalized spacial score (nSPS) is 17.5. The number of nitrogens with zero attached hydrogens (tertiary/aromatic N) is 3. The van der Waals surface area contributed by atoms with Crippen LogP contribution >= 0.6 is 0 Å². The third-order valence-corrected chi connectivity index (χ3v) is 4.59. The van der Waals surface area contributed by atoms with Crippen molar-refractivity contribution < 1.29 is 9.90 Å². The Bertz CT molecular complexity index is 468. The lowest BCUT2D eigenvalue weighted by molar-refractivity contribution is -0.134. The fraction of sp³-hybridized carbons (Fsp3) is 0.611. The Kier molecular flexibility index (Phi) is 7.02. The first kappa shape index (κ1) is 17.9. The van der Waals surface area contributed by atoms with Crippen molar-refractivity contribution in [3.8, 4) is 0 Å². The van der Waals surface area contributed by atoms with Crippen molar-refractivity contribution in [2.24, 2.45) is 0 Å². The van der Waals surface area contributed by atoms with Gasteiger partial charge >= 0.3 is 0 Å². The topological polar surface area (TPSA) is 47.0 Å². The molecular weight excluding hydrogens is 290 g/mol. The molecule has 1 N–H and O–H groups in total. The Balaban J connectivity index is 1.76. The first-order valence-corrected chi connectivity index (χ1v) is 8.59. The van der Waals surface area contributed by atoms with Gasteiger partial charge in [-0.1, -0.05) is 44.2 Å². The molecule has 0 aliphatic carbocycles. The standard InChI is InChI=1S/C18H29N3O2/c1-3-19(4-2)15-18(23)21-12-10-20(11-13-21)14-17(22)16-8-6-5-7-9-16/h5-9,17,22H,3-4,10-15H2,1-2H3. The molecule has 1 fully saturated rings. The van der Waals surface area contributed by atoms with E-state index in [1.165, 1.54) is 0 Å². The van der Waals surface area contributed by atoms with E-state index in [9.17, 15) is 9.90 Å². The van der Waals surface area contributed by atoms with Crippen LogP contribution in [0.3, 0.4) is 0 Å². The number of hydrogen-bond acceptors (Lipinski definition) is 4. The zero-order valence-corrected chi connectivity index (χ0v) is 14.3. The highest BCUT2D eigenvalue weighted by molar-refractivity contribution is 5.78. The van der Waals surface area contributed by atoms with Gasteiger partial charge in [0, 0.05) is 32.7 Å². The Morgan fingerprint density at radius 3 is 2.30 bits per heavy atom. The predicted octanol–water partition coefficient (Wildman–Crippen LogP) is 1.21. The van der Waals surface area contributed by atoms with Gasteiger partial charge in [-0.05, 0) is 18.7 Å². The zero-order valence-electron chi connectivity index (χ0n) is 14.3. The molecule has 1 aliphatic heterocycles. The van der Waals surface area contributed by atoms with Crippen LogP contribution in [0.1, 0.15) is 25.5 Å². The maximum atomic E-state index is 12.3. The molecule has 0 radical (unpaired) electrons. The molecule has 5 heteroatoms. The van der Waals surface area contributed by atoms with E-state index in [2.05, 4.69) is 23.6 Å². The summed E-state index contributed by atoms with van der Waals surface area (Å²) in [4.78, 5) is 18.6. The largest absolute Gasteiger partial charge is 0.387 e. The predicted molar refractivity (Wildman–Crippen MR) is 92.2 cm³/mol. The number of amides is 1.